The number of fused-ring (bicyclic) bond motifs is 3. The van der Waals surface area contributed by atoms with E-state index in [1.165, 1.54) is 28.6 Å². The van der Waals surface area contributed by atoms with Gasteiger partial charge < -0.3 is 0 Å². The Morgan fingerprint density at radius 1 is 0.857 bits per heavy atom. The molecule has 0 spiro atoms. The third-order valence-electron chi connectivity index (χ3n) is 6.70. The van der Waals surface area contributed by atoms with Crippen LogP contribution < -0.4 is 4.72 Å². The number of carbonyl (C=O) groups is 1. The summed E-state index contributed by atoms with van der Waals surface area (Å²) in [6.07, 6.45) is 1.81. The van der Waals surface area contributed by atoms with Crippen molar-refractivity contribution in [2.24, 2.45) is 5.92 Å². The fraction of sp³-hybridized carbons (Fsp3) is 0.269. The molecule has 182 valence electrons. The molecule has 1 atom stereocenters. The lowest BCUT2D eigenvalue weighted by molar-refractivity contribution is 0.0981. The zero-order valence-corrected chi connectivity index (χ0v) is 20.8. The van der Waals surface area contributed by atoms with Gasteiger partial charge in [0.2, 0.25) is 20.0 Å². The molecule has 7 nitrogen and oxygen atoms in total. The van der Waals surface area contributed by atoms with Gasteiger partial charge in [0.25, 0.3) is 5.91 Å². The number of sulfonamides is 2. The van der Waals surface area contributed by atoms with E-state index >= 15 is 0 Å². The quantitative estimate of drug-likeness (QED) is 0.560. The van der Waals surface area contributed by atoms with Crippen molar-refractivity contribution in [3.8, 4) is 11.1 Å². The number of hydrogen-bond acceptors (Lipinski definition) is 5. The second-order valence-electron chi connectivity index (χ2n) is 9.17. The average molecular weight is 511 g/mol. The van der Waals surface area contributed by atoms with Crippen molar-refractivity contribution in [3.05, 3.63) is 89.5 Å². The van der Waals surface area contributed by atoms with Crippen molar-refractivity contribution in [3.63, 3.8) is 0 Å². The maximum atomic E-state index is 13.4. The number of benzene rings is 3. The molecule has 1 amide bonds. The fourth-order valence-corrected chi connectivity index (χ4v) is 8.15. The SMILES string of the molecule is CC1CCCN(S(=O)(=O)c2ccc(C(=O)NS(=O)(=O)C3c4ccccc4-c4ccccc43)cc2)C1. The van der Waals surface area contributed by atoms with Crippen LogP contribution in [0.1, 0.15) is 46.5 Å². The number of nitrogens with one attached hydrogen (secondary N) is 1. The van der Waals surface area contributed by atoms with Crippen molar-refractivity contribution in [1.29, 1.82) is 0 Å². The van der Waals surface area contributed by atoms with E-state index in [0.29, 0.717) is 30.1 Å². The molecule has 1 N–H and O–H groups in total. The summed E-state index contributed by atoms with van der Waals surface area (Å²) in [4.78, 5) is 13.0. The Kier molecular flexibility index (Phi) is 6.03. The van der Waals surface area contributed by atoms with Crippen LogP contribution in [0, 0.1) is 5.92 Å². The predicted octanol–water partition coefficient (Wildman–Crippen LogP) is 3.94. The first kappa shape index (κ1) is 23.7. The van der Waals surface area contributed by atoms with E-state index in [0.717, 1.165) is 24.0 Å². The van der Waals surface area contributed by atoms with Crippen LogP contribution in [-0.2, 0) is 20.0 Å². The predicted molar refractivity (Wildman–Crippen MR) is 134 cm³/mol. The zero-order valence-electron chi connectivity index (χ0n) is 19.2. The summed E-state index contributed by atoms with van der Waals surface area (Å²) in [6.45, 7) is 2.96. The Morgan fingerprint density at radius 2 is 1.43 bits per heavy atom. The molecule has 2 aliphatic rings. The van der Waals surface area contributed by atoms with Gasteiger partial charge in [-0.2, -0.15) is 4.31 Å². The first-order valence-electron chi connectivity index (χ1n) is 11.5. The highest BCUT2D eigenvalue weighted by Gasteiger charge is 2.38. The summed E-state index contributed by atoms with van der Waals surface area (Å²) < 4.78 is 56.4. The Labute approximate surface area is 205 Å². The Hall–Kier alpha value is -3.01. The maximum absolute atomic E-state index is 13.4. The lowest BCUT2D eigenvalue weighted by Crippen LogP contribution is -2.39. The van der Waals surface area contributed by atoms with Crippen LogP contribution >= 0.6 is 0 Å². The average Bonchev–Trinajstić information content (AvgIpc) is 3.19. The summed E-state index contributed by atoms with van der Waals surface area (Å²) in [6, 6.07) is 19.9. The van der Waals surface area contributed by atoms with Crippen molar-refractivity contribution >= 4 is 26.0 Å². The van der Waals surface area contributed by atoms with Crippen LogP contribution in [0.4, 0.5) is 0 Å². The van der Waals surface area contributed by atoms with E-state index in [4.69, 9.17) is 0 Å². The van der Waals surface area contributed by atoms with Gasteiger partial charge in [0.15, 0.2) is 0 Å². The molecule has 3 aromatic carbocycles. The molecule has 0 saturated carbocycles. The second kappa shape index (κ2) is 8.89. The topological polar surface area (TPSA) is 101 Å². The summed E-state index contributed by atoms with van der Waals surface area (Å²) in [5, 5.41) is -1.01. The van der Waals surface area contributed by atoms with Crippen molar-refractivity contribution in [2.45, 2.75) is 29.9 Å². The van der Waals surface area contributed by atoms with Gasteiger partial charge in [-0.1, -0.05) is 55.5 Å². The number of piperidine rings is 1. The van der Waals surface area contributed by atoms with Gasteiger partial charge in [-0.15, -0.1) is 0 Å². The van der Waals surface area contributed by atoms with Crippen LogP contribution in [-0.4, -0.2) is 40.1 Å². The van der Waals surface area contributed by atoms with E-state index in [9.17, 15) is 21.6 Å². The number of carbonyl (C=O) groups excluding carboxylic acids is 1. The molecular weight excluding hydrogens is 484 g/mol. The van der Waals surface area contributed by atoms with E-state index in [1.807, 2.05) is 31.2 Å². The van der Waals surface area contributed by atoms with Crippen LogP contribution in [0.2, 0.25) is 0 Å². The lowest BCUT2D eigenvalue weighted by Gasteiger charge is -2.30. The molecule has 1 aliphatic carbocycles. The normalized spacial score (nSPS) is 18.6. The minimum absolute atomic E-state index is 0.0686. The molecule has 0 radical (unpaired) electrons. The minimum Gasteiger partial charge on any atom is -0.268 e. The molecule has 1 saturated heterocycles. The minimum atomic E-state index is -4.12. The van der Waals surface area contributed by atoms with E-state index < -0.39 is 31.2 Å². The first-order chi connectivity index (χ1) is 16.7. The molecular formula is C26H26N2O5S2. The Bertz CT molecular complexity index is 1450. The summed E-state index contributed by atoms with van der Waals surface area (Å²) in [5.74, 6) is -0.512. The van der Waals surface area contributed by atoms with Crippen LogP contribution in [0.5, 0.6) is 0 Å². The number of nitrogens with zero attached hydrogens (tertiary/aromatic N) is 1. The fourth-order valence-electron chi connectivity index (χ4n) is 4.98. The Balaban J connectivity index is 1.38. The molecule has 0 bridgehead atoms. The highest BCUT2D eigenvalue weighted by Crippen LogP contribution is 2.46. The van der Waals surface area contributed by atoms with Gasteiger partial charge in [-0.25, -0.2) is 21.6 Å². The van der Waals surface area contributed by atoms with E-state index in [-0.39, 0.29) is 10.5 Å². The smallest absolute Gasteiger partial charge is 0.264 e. The number of amides is 1. The van der Waals surface area contributed by atoms with Gasteiger partial charge >= 0.3 is 0 Å². The van der Waals surface area contributed by atoms with E-state index in [1.54, 1.807) is 24.3 Å². The summed E-state index contributed by atoms with van der Waals surface area (Å²) in [7, 11) is -7.79. The van der Waals surface area contributed by atoms with Crippen molar-refractivity contribution in [2.75, 3.05) is 13.1 Å². The van der Waals surface area contributed by atoms with Crippen molar-refractivity contribution in [1.82, 2.24) is 9.03 Å². The van der Waals surface area contributed by atoms with Gasteiger partial charge in [0.05, 0.1) is 4.90 Å². The summed E-state index contributed by atoms with van der Waals surface area (Å²) >= 11 is 0. The molecule has 35 heavy (non-hydrogen) atoms. The Morgan fingerprint density at radius 3 is 2.00 bits per heavy atom. The zero-order chi connectivity index (χ0) is 24.8. The molecule has 0 aromatic heterocycles. The van der Waals surface area contributed by atoms with Gasteiger partial charge in [0, 0.05) is 18.7 Å². The monoisotopic (exact) mass is 510 g/mol. The third-order valence-corrected chi connectivity index (χ3v) is 10.2. The molecule has 1 heterocycles. The summed E-state index contributed by atoms with van der Waals surface area (Å²) in [5.41, 5.74) is 2.96. The van der Waals surface area contributed by atoms with Crippen LogP contribution in [0.15, 0.2) is 77.7 Å². The van der Waals surface area contributed by atoms with Crippen LogP contribution in [0.3, 0.4) is 0 Å². The largest absolute Gasteiger partial charge is 0.268 e. The molecule has 1 fully saturated rings. The van der Waals surface area contributed by atoms with Crippen LogP contribution in [0.25, 0.3) is 11.1 Å². The number of rotatable bonds is 5. The van der Waals surface area contributed by atoms with Gasteiger partial charge in [0.1, 0.15) is 5.25 Å². The molecule has 5 rings (SSSR count). The highest BCUT2D eigenvalue weighted by molar-refractivity contribution is 7.90. The lowest BCUT2D eigenvalue weighted by atomic mass is 10.0. The molecule has 3 aromatic rings. The highest BCUT2D eigenvalue weighted by atomic mass is 32.2. The van der Waals surface area contributed by atoms with Crippen molar-refractivity contribution < 1.29 is 21.6 Å². The van der Waals surface area contributed by atoms with E-state index in [2.05, 4.69) is 4.72 Å². The van der Waals surface area contributed by atoms with Gasteiger partial charge in [-0.05, 0) is 65.3 Å². The molecule has 1 aliphatic heterocycles. The second-order valence-corrected chi connectivity index (χ2v) is 12.9. The first-order valence-corrected chi connectivity index (χ1v) is 14.5. The molecule has 9 heteroatoms. The maximum Gasteiger partial charge on any atom is 0.264 e. The number of hydrogen-bond donors (Lipinski definition) is 1. The molecule has 1 unspecified atom stereocenters. The van der Waals surface area contributed by atoms with Gasteiger partial charge in [-0.3, -0.25) is 4.79 Å². The third kappa shape index (κ3) is 4.28. The standard InChI is InChI=1S/C26H26N2O5S2/c1-18-7-6-16-28(17-18)35(32,33)20-14-12-19(13-15-20)26(29)27-34(30,31)25-23-10-4-2-8-21(23)22-9-3-5-11-24(22)25/h2-5,8-15,18,25H,6-7,16-17H2,1H3,(H,27,29).